The Balaban J connectivity index is 1.52. The lowest BCUT2D eigenvalue weighted by molar-refractivity contribution is -0.127. The van der Waals surface area contributed by atoms with E-state index in [1.807, 2.05) is 25.1 Å². The van der Waals surface area contributed by atoms with Crippen molar-refractivity contribution >= 4 is 11.6 Å². The smallest absolute Gasteiger partial charge is 0.237 e. The SMILES string of the molecule is C[C@@H]1[C@H](C)CCC[C@@H]1NC(=O)[C@@H](C)N1CCN(c2ccccc2O)CC1. The van der Waals surface area contributed by atoms with Crippen molar-refractivity contribution in [2.24, 2.45) is 11.8 Å². The van der Waals surface area contributed by atoms with Crippen molar-refractivity contribution < 1.29 is 9.90 Å². The van der Waals surface area contributed by atoms with Gasteiger partial charge in [0.15, 0.2) is 0 Å². The van der Waals surface area contributed by atoms with Crippen molar-refractivity contribution in [2.45, 2.75) is 52.1 Å². The molecular formula is C21H33N3O2. The van der Waals surface area contributed by atoms with Gasteiger partial charge in [-0.1, -0.05) is 38.8 Å². The number of para-hydroxylation sites is 2. The first-order valence-corrected chi connectivity index (χ1v) is 10.0. The Bertz CT molecular complexity index is 613. The number of benzene rings is 1. The highest BCUT2D eigenvalue weighted by Gasteiger charge is 2.31. The van der Waals surface area contributed by atoms with Crippen LogP contribution in [-0.2, 0) is 4.79 Å². The first-order valence-electron chi connectivity index (χ1n) is 10.0. The molecule has 1 aliphatic carbocycles. The standard InChI is InChI=1S/C21H33N3O2/c1-15-7-6-8-18(16(15)2)22-21(26)17(3)23-11-13-24(14-12-23)19-9-4-5-10-20(19)25/h4-5,9-10,15-18,25H,6-8,11-14H2,1-3H3,(H,22,26)/t15-,16-,17-,18+/m1/s1. The summed E-state index contributed by atoms with van der Waals surface area (Å²) in [6, 6.07) is 7.68. The Morgan fingerprint density at radius 2 is 1.85 bits per heavy atom. The van der Waals surface area contributed by atoms with E-state index in [1.54, 1.807) is 6.07 Å². The van der Waals surface area contributed by atoms with Crippen LogP contribution in [-0.4, -0.2) is 54.2 Å². The average molecular weight is 360 g/mol. The number of carbonyl (C=O) groups is 1. The third kappa shape index (κ3) is 4.14. The van der Waals surface area contributed by atoms with Crippen LogP contribution in [0.25, 0.3) is 0 Å². The summed E-state index contributed by atoms with van der Waals surface area (Å²) in [4.78, 5) is 17.2. The van der Waals surface area contributed by atoms with Gasteiger partial charge < -0.3 is 15.3 Å². The molecule has 5 heteroatoms. The molecule has 0 radical (unpaired) electrons. The summed E-state index contributed by atoms with van der Waals surface area (Å²) in [6.07, 6.45) is 3.59. The molecule has 2 fully saturated rings. The van der Waals surface area contributed by atoms with Crippen molar-refractivity contribution in [2.75, 3.05) is 31.1 Å². The Morgan fingerprint density at radius 1 is 1.15 bits per heavy atom. The normalized spacial score (nSPS) is 28.6. The van der Waals surface area contributed by atoms with Crippen LogP contribution in [0.3, 0.4) is 0 Å². The minimum atomic E-state index is -0.106. The molecule has 144 valence electrons. The lowest BCUT2D eigenvalue weighted by Crippen LogP contribution is -2.56. The highest BCUT2D eigenvalue weighted by Crippen LogP contribution is 2.30. The van der Waals surface area contributed by atoms with E-state index < -0.39 is 0 Å². The maximum absolute atomic E-state index is 12.8. The first kappa shape index (κ1) is 19.0. The molecule has 1 heterocycles. The van der Waals surface area contributed by atoms with Gasteiger partial charge in [-0.05, 0) is 37.3 Å². The minimum absolute atomic E-state index is 0.106. The van der Waals surface area contributed by atoms with Crippen molar-refractivity contribution in [1.29, 1.82) is 0 Å². The van der Waals surface area contributed by atoms with Crippen molar-refractivity contribution in [3.8, 4) is 5.75 Å². The molecule has 0 bridgehead atoms. The van der Waals surface area contributed by atoms with Crippen LogP contribution in [0.2, 0.25) is 0 Å². The van der Waals surface area contributed by atoms with Gasteiger partial charge in [-0.3, -0.25) is 9.69 Å². The number of carbonyl (C=O) groups excluding carboxylic acids is 1. The first-order chi connectivity index (χ1) is 12.5. The van der Waals surface area contributed by atoms with Gasteiger partial charge in [0.2, 0.25) is 5.91 Å². The monoisotopic (exact) mass is 359 g/mol. The molecule has 1 aromatic rings. The second-order valence-corrected chi connectivity index (χ2v) is 8.07. The second-order valence-electron chi connectivity index (χ2n) is 8.07. The average Bonchev–Trinajstić information content (AvgIpc) is 2.65. The quantitative estimate of drug-likeness (QED) is 0.868. The molecule has 26 heavy (non-hydrogen) atoms. The molecule has 0 aromatic heterocycles. The zero-order valence-corrected chi connectivity index (χ0v) is 16.3. The lowest BCUT2D eigenvalue weighted by Gasteiger charge is -2.40. The highest BCUT2D eigenvalue weighted by molar-refractivity contribution is 5.81. The number of phenols is 1. The van der Waals surface area contributed by atoms with E-state index in [0.29, 0.717) is 23.6 Å². The largest absolute Gasteiger partial charge is 0.506 e. The highest BCUT2D eigenvalue weighted by atomic mass is 16.3. The summed E-state index contributed by atoms with van der Waals surface area (Å²) < 4.78 is 0. The van der Waals surface area contributed by atoms with Gasteiger partial charge in [-0.25, -0.2) is 0 Å². The maximum atomic E-state index is 12.8. The zero-order chi connectivity index (χ0) is 18.7. The maximum Gasteiger partial charge on any atom is 0.237 e. The number of aromatic hydroxyl groups is 1. The van der Waals surface area contributed by atoms with E-state index in [-0.39, 0.29) is 11.9 Å². The Morgan fingerprint density at radius 3 is 2.54 bits per heavy atom. The zero-order valence-electron chi connectivity index (χ0n) is 16.3. The van der Waals surface area contributed by atoms with Gasteiger partial charge in [0, 0.05) is 32.2 Å². The number of hydrogen-bond acceptors (Lipinski definition) is 4. The van der Waals surface area contributed by atoms with Gasteiger partial charge in [0.1, 0.15) is 5.75 Å². The predicted molar refractivity (Wildman–Crippen MR) is 105 cm³/mol. The van der Waals surface area contributed by atoms with Gasteiger partial charge in [-0.2, -0.15) is 0 Å². The van der Waals surface area contributed by atoms with Crippen molar-refractivity contribution in [3.63, 3.8) is 0 Å². The van der Waals surface area contributed by atoms with E-state index in [0.717, 1.165) is 38.3 Å². The molecule has 2 N–H and O–H groups in total. The molecular weight excluding hydrogens is 326 g/mol. The molecule has 1 saturated carbocycles. The summed E-state index contributed by atoms with van der Waals surface area (Å²) in [7, 11) is 0. The molecule has 5 nitrogen and oxygen atoms in total. The van der Waals surface area contributed by atoms with Gasteiger partial charge in [0.25, 0.3) is 0 Å². The number of nitrogens with zero attached hydrogens (tertiary/aromatic N) is 2. The molecule has 1 aromatic carbocycles. The number of hydrogen-bond donors (Lipinski definition) is 2. The summed E-state index contributed by atoms with van der Waals surface area (Å²) in [5.74, 6) is 1.73. The molecule has 1 aliphatic heterocycles. The van der Waals surface area contributed by atoms with Crippen LogP contribution < -0.4 is 10.2 Å². The Hall–Kier alpha value is -1.75. The third-order valence-electron chi connectivity index (χ3n) is 6.50. The fourth-order valence-corrected chi connectivity index (χ4v) is 4.34. The number of rotatable bonds is 4. The van der Waals surface area contributed by atoms with E-state index in [2.05, 4.69) is 29.0 Å². The van der Waals surface area contributed by atoms with Crippen LogP contribution in [0.5, 0.6) is 5.75 Å². The van der Waals surface area contributed by atoms with Crippen LogP contribution in [0.15, 0.2) is 24.3 Å². The topological polar surface area (TPSA) is 55.8 Å². The summed E-state index contributed by atoms with van der Waals surface area (Å²) in [6.45, 7) is 9.90. The second kappa shape index (κ2) is 8.30. The number of nitrogens with one attached hydrogen (secondary N) is 1. The number of piperazine rings is 1. The third-order valence-corrected chi connectivity index (χ3v) is 6.50. The van der Waals surface area contributed by atoms with Gasteiger partial charge in [0.05, 0.1) is 11.7 Å². The molecule has 0 spiro atoms. The van der Waals surface area contributed by atoms with Gasteiger partial charge in [-0.15, -0.1) is 0 Å². The van der Waals surface area contributed by atoms with Crippen molar-refractivity contribution in [3.05, 3.63) is 24.3 Å². The summed E-state index contributed by atoms with van der Waals surface area (Å²) >= 11 is 0. The van der Waals surface area contributed by atoms with Crippen molar-refractivity contribution in [1.82, 2.24) is 10.2 Å². The number of amides is 1. The predicted octanol–water partition coefficient (Wildman–Crippen LogP) is 2.84. The van der Waals surface area contributed by atoms with Gasteiger partial charge >= 0.3 is 0 Å². The molecule has 3 rings (SSSR count). The summed E-state index contributed by atoms with van der Waals surface area (Å²) in [5, 5.41) is 13.3. The minimum Gasteiger partial charge on any atom is -0.506 e. The number of anilines is 1. The van der Waals surface area contributed by atoms with Crippen LogP contribution in [0.4, 0.5) is 5.69 Å². The molecule has 2 aliphatic rings. The Kier molecular flexibility index (Phi) is 6.07. The van der Waals surface area contributed by atoms with E-state index >= 15 is 0 Å². The fourth-order valence-electron chi connectivity index (χ4n) is 4.34. The lowest BCUT2D eigenvalue weighted by atomic mass is 9.78. The molecule has 1 amide bonds. The summed E-state index contributed by atoms with van der Waals surface area (Å²) in [5.41, 5.74) is 0.884. The number of phenolic OH excluding ortho intramolecular Hbond substituents is 1. The van der Waals surface area contributed by atoms with Crippen LogP contribution >= 0.6 is 0 Å². The molecule has 4 atom stereocenters. The fraction of sp³-hybridized carbons (Fsp3) is 0.667. The van der Waals surface area contributed by atoms with E-state index in [1.165, 1.54) is 12.8 Å². The van der Waals surface area contributed by atoms with E-state index in [9.17, 15) is 9.90 Å². The van der Waals surface area contributed by atoms with E-state index in [4.69, 9.17) is 0 Å². The van der Waals surface area contributed by atoms with Crippen LogP contribution in [0, 0.1) is 11.8 Å². The molecule has 0 unspecified atom stereocenters. The Labute approximate surface area is 157 Å². The van der Waals surface area contributed by atoms with Crippen LogP contribution in [0.1, 0.15) is 40.0 Å². The molecule has 1 saturated heterocycles.